The Labute approximate surface area is 91.5 Å². The van der Waals surface area contributed by atoms with Crippen molar-refractivity contribution in [3.8, 4) is 0 Å². The molecule has 1 N–H and O–H groups in total. The van der Waals surface area contributed by atoms with Crippen LogP contribution in [0.1, 0.15) is 18.2 Å². The minimum Gasteiger partial charge on any atom is -0.319 e. The highest BCUT2D eigenvalue weighted by molar-refractivity contribution is 5.12. The molecule has 2 heterocycles. The second-order valence-electron chi connectivity index (χ2n) is 4.29. The zero-order valence-corrected chi connectivity index (χ0v) is 9.48. The van der Waals surface area contributed by atoms with Gasteiger partial charge in [-0.25, -0.2) is 0 Å². The van der Waals surface area contributed by atoms with Crippen molar-refractivity contribution in [3.05, 3.63) is 30.1 Å². The molecule has 0 amide bonds. The number of nitrogens with zero attached hydrogens (tertiary/aromatic N) is 2. The lowest BCUT2D eigenvalue weighted by molar-refractivity contribution is 0.269. The summed E-state index contributed by atoms with van der Waals surface area (Å²) in [6.45, 7) is 2.25. The third-order valence-corrected chi connectivity index (χ3v) is 3.23. The Morgan fingerprint density at radius 2 is 2.40 bits per heavy atom. The molecule has 1 saturated heterocycles. The van der Waals surface area contributed by atoms with Crippen molar-refractivity contribution in [3.63, 3.8) is 0 Å². The molecule has 0 radical (unpaired) electrons. The van der Waals surface area contributed by atoms with Crippen LogP contribution < -0.4 is 5.32 Å². The Hall–Kier alpha value is -0.930. The number of pyridine rings is 1. The van der Waals surface area contributed by atoms with Gasteiger partial charge >= 0.3 is 0 Å². The molecule has 3 nitrogen and oxygen atoms in total. The minimum absolute atomic E-state index is 0.485. The van der Waals surface area contributed by atoms with Gasteiger partial charge in [0.05, 0.1) is 11.7 Å². The average molecular weight is 205 g/mol. The maximum atomic E-state index is 4.47. The van der Waals surface area contributed by atoms with Crippen LogP contribution in [0.4, 0.5) is 0 Å². The van der Waals surface area contributed by atoms with Crippen LogP contribution in [0.3, 0.4) is 0 Å². The first-order chi connectivity index (χ1) is 7.33. The molecule has 0 saturated carbocycles. The predicted octanol–water partition coefficient (Wildman–Crippen LogP) is 1.29. The van der Waals surface area contributed by atoms with Gasteiger partial charge in [0.1, 0.15) is 0 Å². The molecule has 1 aliphatic rings. The number of rotatable bonds is 3. The second-order valence-corrected chi connectivity index (χ2v) is 4.29. The van der Waals surface area contributed by atoms with E-state index in [1.165, 1.54) is 18.7 Å². The molecule has 1 aromatic rings. The van der Waals surface area contributed by atoms with Gasteiger partial charge in [-0.3, -0.25) is 9.88 Å². The molecule has 1 aromatic heterocycles. The fourth-order valence-corrected chi connectivity index (χ4v) is 2.52. The van der Waals surface area contributed by atoms with E-state index >= 15 is 0 Å². The summed E-state index contributed by atoms with van der Waals surface area (Å²) in [5, 5.41) is 3.28. The van der Waals surface area contributed by atoms with Crippen LogP contribution in [0.5, 0.6) is 0 Å². The number of nitrogens with one attached hydrogen (secondary N) is 1. The van der Waals surface area contributed by atoms with Crippen molar-refractivity contribution in [2.45, 2.75) is 12.5 Å². The van der Waals surface area contributed by atoms with Crippen LogP contribution in [0.2, 0.25) is 0 Å². The Balaban J connectivity index is 2.17. The van der Waals surface area contributed by atoms with Gasteiger partial charge in [0.15, 0.2) is 0 Å². The van der Waals surface area contributed by atoms with Gasteiger partial charge in [0.25, 0.3) is 0 Å². The second kappa shape index (κ2) is 4.73. The van der Waals surface area contributed by atoms with Crippen LogP contribution in [0, 0.1) is 5.92 Å². The summed E-state index contributed by atoms with van der Waals surface area (Å²) in [6, 6.07) is 6.67. The summed E-state index contributed by atoms with van der Waals surface area (Å²) in [7, 11) is 4.21. The number of hydrogen-bond acceptors (Lipinski definition) is 3. The maximum Gasteiger partial charge on any atom is 0.0578 e. The first kappa shape index (κ1) is 10.6. The number of likely N-dealkylation sites (tertiary alicyclic amines) is 1. The van der Waals surface area contributed by atoms with E-state index in [1.807, 2.05) is 19.3 Å². The van der Waals surface area contributed by atoms with E-state index in [1.54, 1.807) is 0 Å². The lowest BCUT2D eigenvalue weighted by atomic mass is 9.97. The molecule has 2 atom stereocenters. The highest BCUT2D eigenvalue weighted by Gasteiger charge is 2.32. The number of hydrogen-bond donors (Lipinski definition) is 1. The highest BCUT2D eigenvalue weighted by Crippen LogP contribution is 2.34. The van der Waals surface area contributed by atoms with Gasteiger partial charge in [-0.2, -0.15) is 0 Å². The molecule has 15 heavy (non-hydrogen) atoms. The molecule has 0 spiro atoms. The molecular formula is C12H19N3. The zero-order valence-electron chi connectivity index (χ0n) is 9.48. The van der Waals surface area contributed by atoms with Crippen molar-refractivity contribution >= 4 is 0 Å². The van der Waals surface area contributed by atoms with Gasteiger partial charge in [-0.15, -0.1) is 0 Å². The van der Waals surface area contributed by atoms with Crippen molar-refractivity contribution in [2.75, 3.05) is 27.2 Å². The smallest absolute Gasteiger partial charge is 0.0578 e. The molecule has 2 rings (SSSR count). The van der Waals surface area contributed by atoms with E-state index in [9.17, 15) is 0 Å². The molecule has 0 bridgehead atoms. The zero-order chi connectivity index (χ0) is 10.7. The lowest BCUT2D eigenvalue weighted by Gasteiger charge is -2.24. The Morgan fingerprint density at radius 1 is 1.53 bits per heavy atom. The Kier molecular flexibility index (Phi) is 3.34. The van der Waals surface area contributed by atoms with E-state index in [2.05, 4.69) is 34.4 Å². The summed E-state index contributed by atoms with van der Waals surface area (Å²) in [5.74, 6) is 0.690. The third kappa shape index (κ3) is 2.19. The van der Waals surface area contributed by atoms with Crippen LogP contribution >= 0.6 is 0 Å². The van der Waals surface area contributed by atoms with Gasteiger partial charge < -0.3 is 5.32 Å². The molecule has 3 heteroatoms. The largest absolute Gasteiger partial charge is 0.319 e. The molecule has 2 unspecified atom stereocenters. The fourth-order valence-electron chi connectivity index (χ4n) is 2.52. The van der Waals surface area contributed by atoms with E-state index < -0.39 is 0 Å². The minimum atomic E-state index is 0.485. The molecule has 82 valence electrons. The van der Waals surface area contributed by atoms with Crippen LogP contribution in [-0.2, 0) is 0 Å². The van der Waals surface area contributed by atoms with E-state index in [0.29, 0.717) is 12.0 Å². The average Bonchev–Trinajstić information content (AvgIpc) is 2.62. The first-order valence-electron chi connectivity index (χ1n) is 5.58. The monoisotopic (exact) mass is 205 g/mol. The Morgan fingerprint density at radius 3 is 3.07 bits per heavy atom. The summed E-state index contributed by atoms with van der Waals surface area (Å²) < 4.78 is 0. The van der Waals surface area contributed by atoms with Gasteiger partial charge in [-0.1, -0.05) is 6.07 Å². The van der Waals surface area contributed by atoms with Gasteiger partial charge in [0, 0.05) is 6.20 Å². The summed E-state index contributed by atoms with van der Waals surface area (Å²) in [6.07, 6.45) is 3.15. The Bertz CT molecular complexity index is 297. The van der Waals surface area contributed by atoms with Crippen molar-refractivity contribution < 1.29 is 0 Å². The quantitative estimate of drug-likeness (QED) is 0.806. The normalized spacial score (nSPS) is 27.1. The molecule has 0 aliphatic carbocycles. The fraction of sp³-hybridized carbons (Fsp3) is 0.583. The van der Waals surface area contributed by atoms with Gasteiger partial charge in [-0.05, 0) is 51.7 Å². The number of aromatic nitrogens is 1. The van der Waals surface area contributed by atoms with Crippen LogP contribution in [0.15, 0.2) is 24.4 Å². The summed E-state index contributed by atoms with van der Waals surface area (Å²) in [5.41, 5.74) is 1.21. The predicted molar refractivity (Wildman–Crippen MR) is 61.6 cm³/mol. The van der Waals surface area contributed by atoms with Crippen molar-refractivity contribution in [2.24, 2.45) is 5.92 Å². The highest BCUT2D eigenvalue weighted by atomic mass is 15.2. The van der Waals surface area contributed by atoms with Gasteiger partial charge in [0.2, 0.25) is 0 Å². The van der Waals surface area contributed by atoms with Crippen molar-refractivity contribution in [1.82, 2.24) is 15.2 Å². The lowest BCUT2D eigenvalue weighted by Crippen LogP contribution is -2.27. The summed E-state index contributed by atoms with van der Waals surface area (Å²) in [4.78, 5) is 6.88. The van der Waals surface area contributed by atoms with E-state index in [4.69, 9.17) is 0 Å². The molecule has 1 aliphatic heterocycles. The van der Waals surface area contributed by atoms with E-state index in [-0.39, 0.29) is 0 Å². The summed E-state index contributed by atoms with van der Waals surface area (Å²) >= 11 is 0. The SMILES string of the molecule is CNCC1CCN(C)C1c1ccccn1. The van der Waals surface area contributed by atoms with Crippen LogP contribution in [0.25, 0.3) is 0 Å². The van der Waals surface area contributed by atoms with Crippen molar-refractivity contribution in [1.29, 1.82) is 0 Å². The van der Waals surface area contributed by atoms with E-state index in [0.717, 1.165) is 6.54 Å². The third-order valence-electron chi connectivity index (χ3n) is 3.23. The first-order valence-corrected chi connectivity index (χ1v) is 5.58. The van der Waals surface area contributed by atoms with Crippen LogP contribution in [-0.4, -0.2) is 37.1 Å². The molecule has 0 aromatic carbocycles. The molecule has 1 fully saturated rings. The maximum absolute atomic E-state index is 4.47. The molecular weight excluding hydrogens is 186 g/mol. The topological polar surface area (TPSA) is 28.2 Å². The standard InChI is InChI=1S/C12H19N3/c1-13-9-10-6-8-15(2)12(10)11-5-3-4-7-14-11/h3-5,7,10,12-13H,6,8-9H2,1-2H3.